The first-order chi connectivity index (χ1) is 15.7. The summed E-state index contributed by atoms with van der Waals surface area (Å²) in [4.78, 5) is 29.3. The molecule has 8 heteroatoms. The van der Waals surface area contributed by atoms with Gasteiger partial charge in [-0.3, -0.25) is 19.1 Å². The molecule has 1 aliphatic carbocycles. The summed E-state index contributed by atoms with van der Waals surface area (Å²) in [5.41, 5.74) is 3.59. The maximum atomic E-state index is 13.2. The molecule has 5 nitrogen and oxygen atoms in total. The summed E-state index contributed by atoms with van der Waals surface area (Å²) in [5, 5.41) is 0.966. The van der Waals surface area contributed by atoms with Gasteiger partial charge in [-0.25, -0.2) is 0 Å². The topological polar surface area (TPSA) is 45.6 Å². The quantitative estimate of drug-likeness (QED) is 0.624. The lowest BCUT2D eigenvalue weighted by molar-refractivity contribution is -0.140. The molecule has 178 valence electrons. The van der Waals surface area contributed by atoms with Crippen molar-refractivity contribution in [3.63, 3.8) is 0 Å². The molecule has 0 radical (unpaired) electrons. The molecule has 0 fully saturated rings. The van der Waals surface area contributed by atoms with E-state index in [0.717, 1.165) is 27.6 Å². The van der Waals surface area contributed by atoms with E-state index < -0.39 is 18.5 Å². The van der Waals surface area contributed by atoms with Gasteiger partial charge in [-0.2, -0.15) is 13.2 Å². The molecule has 1 aromatic heterocycles. The Kier molecular flexibility index (Phi) is 6.40. The summed E-state index contributed by atoms with van der Waals surface area (Å²) in [6.07, 6.45) is -0.505. The molecule has 2 heterocycles. The van der Waals surface area contributed by atoms with Crippen molar-refractivity contribution in [2.24, 2.45) is 5.92 Å². The number of carbonyl (C=O) groups is 2. The second-order valence-electron chi connectivity index (χ2n) is 8.79. The Hall–Kier alpha value is -2.61. The molecular weight excluding hydrogens is 431 g/mol. The van der Waals surface area contributed by atoms with Gasteiger partial charge in [-0.05, 0) is 43.0 Å². The number of benzene rings is 1. The van der Waals surface area contributed by atoms with E-state index in [1.54, 1.807) is 9.47 Å². The Morgan fingerprint density at radius 2 is 1.88 bits per heavy atom. The number of carbonyl (C=O) groups excluding carboxylic acids is 2. The summed E-state index contributed by atoms with van der Waals surface area (Å²) in [6, 6.07) is 5.48. The van der Waals surface area contributed by atoms with Crippen LogP contribution in [0.4, 0.5) is 13.2 Å². The summed E-state index contributed by atoms with van der Waals surface area (Å²) >= 11 is 0. The Morgan fingerprint density at radius 3 is 2.52 bits per heavy atom. The molecule has 2 aromatic rings. The average Bonchev–Trinajstić information content (AvgIpc) is 3.17. The van der Waals surface area contributed by atoms with Gasteiger partial charge in [0.2, 0.25) is 11.8 Å². The summed E-state index contributed by atoms with van der Waals surface area (Å²) in [7, 11) is 0. The lowest BCUT2D eigenvalue weighted by Crippen LogP contribution is -2.50. The fourth-order valence-electron chi connectivity index (χ4n) is 5.25. The molecule has 2 atom stereocenters. The average molecular weight is 462 g/mol. The van der Waals surface area contributed by atoms with Gasteiger partial charge in [0.1, 0.15) is 0 Å². The second-order valence-corrected chi connectivity index (χ2v) is 8.79. The predicted molar refractivity (Wildman–Crippen MR) is 122 cm³/mol. The number of alkyl halides is 3. The van der Waals surface area contributed by atoms with Crippen LogP contribution in [-0.4, -0.2) is 64.6 Å². The van der Waals surface area contributed by atoms with Crippen molar-refractivity contribution in [2.45, 2.75) is 52.3 Å². The van der Waals surface area contributed by atoms with E-state index in [9.17, 15) is 22.8 Å². The Morgan fingerprint density at radius 1 is 1.15 bits per heavy atom. The Labute approximate surface area is 191 Å². The van der Waals surface area contributed by atoms with Crippen LogP contribution in [-0.2, 0) is 11.2 Å². The van der Waals surface area contributed by atoms with Crippen molar-refractivity contribution in [1.29, 1.82) is 0 Å². The minimum absolute atomic E-state index is 0.0224. The van der Waals surface area contributed by atoms with E-state index in [1.807, 2.05) is 56.1 Å². The lowest BCUT2D eigenvalue weighted by Gasteiger charge is -2.42. The first kappa shape index (κ1) is 23.5. The molecule has 0 bridgehead atoms. The zero-order valence-electron chi connectivity index (χ0n) is 19.3. The van der Waals surface area contributed by atoms with E-state index in [2.05, 4.69) is 0 Å². The van der Waals surface area contributed by atoms with Gasteiger partial charge in [0.25, 0.3) is 0 Å². The zero-order valence-corrected chi connectivity index (χ0v) is 19.3. The number of nitrogens with zero attached hydrogens (tertiary/aromatic N) is 3. The van der Waals surface area contributed by atoms with E-state index in [1.165, 1.54) is 0 Å². The zero-order chi connectivity index (χ0) is 23.9. The number of rotatable bonds is 6. The predicted octanol–water partition coefficient (Wildman–Crippen LogP) is 4.75. The van der Waals surface area contributed by atoms with Crippen molar-refractivity contribution < 1.29 is 22.8 Å². The lowest BCUT2D eigenvalue weighted by atomic mass is 9.79. The molecule has 1 aromatic carbocycles. The second kappa shape index (κ2) is 8.97. The Bertz CT molecular complexity index is 1100. The summed E-state index contributed by atoms with van der Waals surface area (Å²) in [6.45, 7) is 6.84. The number of hydrogen-bond acceptors (Lipinski definition) is 3. The summed E-state index contributed by atoms with van der Waals surface area (Å²) in [5.74, 6) is -0.578. The molecule has 1 amide bonds. The number of hydrogen-bond donors (Lipinski definition) is 0. The van der Waals surface area contributed by atoms with Crippen LogP contribution in [0.25, 0.3) is 16.5 Å². The number of halogens is 3. The van der Waals surface area contributed by atoms with Crippen LogP contribution >= 0.6 is 0 Å². The van der Waals surface area contributed by atoms with Gasteiger partial charge in [-0.1, -0.05) is 25.1 Å². The number of amides is 1. The van der Waals surface area contributed by atoms with Crippen molar-refractivity contribution in [2.75, 3.05) is 26.2 Å². The monoisotopic (exact) mass is 461 g/mol. The van der Waals surface area contributed by atoms with E-state index >= 15 is 0 Å². The van der Waals surface area contributed by atoms with E-state index in [4.69, 9.17) is 0 Å². The highest BCUT2D eigenvalue weighted by molar-refractivity contribution is 6.03. The molecule has 4 rings (SSSR count). The number of fused-ring (bicyclic) bond motifs is 2. The van der Waals surface area contributed by atoms with Crippen molar-refractivity contribution in [1.82, 2.24) is 14.4 Å². The fraction of sp³-hybridized carbons (Fsp3) is 0.520. The number of aromatic nitrogens is 1. The molecular formula is C25H30F3N3O2. The standard InChI is InChI=1S/C25H30F3N3O2/c1-4-22(32)31-15-16-13-21-19(18-8-7-9-20(31)23(16)18)12-17(24(33)29(5-2)6-3)14-30(21)11-10-25(26,27)28/h7-9,12,15,17,21H,4-6,10-11,13-14H2,1-3H3/t17-,21-/m1/s1. The van der Waals surface area contributed by atoms with Crippen LogP contribution in [0.3, 0.4) is 0 Å². The Balaban J connectivity index is 1.81. The normalized spacial score (nSPS) is 20.5. The SMILES string of the molecule is CCC(=O)n1cc2c3c(cccc31)C1=C[C@@H](C(=O)N(CC)CC)CN(CCC(F)(F)F)[C@@H]1C2. The molecule has 0 unspecified atom stereocenters. The molecule has 0 saturated heterocycles. The van der Waals surface area contributed by atoms with E-state index in [-0.39, 0.29) is 30.9 Å². The van der Waals surface area contributed by atoms with Gasteiger partial charge >= 0.3 is 6.18 Å². The van der Waals surface area contributed by atoms with Crippen molar-refractivity contribution in [3.8, 4) is 0 Å². The molecule has 0 spiro atoms. The highest BCUT2D eigenvalue weighted by Gasteiger charge is 2.40. The highest BCUT2D eigenvalue weighted by Crippen LogP contribution is 2.42. The molecule has 2 aliphatic rings. The highest BCUT2D eigenvalue weighted by atomic mass is 19.4. The maximum absolute atomic E-state index is 13.2. The van der Waals surface area contributed by atoms with Crippen molar-refractivity contribution >= 4 is 28.3 Å². The molecule has 1 aliphatic heterocycles. The largest absolute Gasteiger partial charge is 0.390 e. The summed E-state index contributed by atoms with van der Waals surface area (Å²) < 4.78 is 41.0. The molecule has 0 saturated carbocycles. The fourth-order valence-corrected chi connectivity index (χ4v) is 5.25. The minimum Gasteiger partial charge on any atom is -0.343 e. The van der Waals surface area contributed by atoms with Crippen LogP contribution < -0.4 is 0 Å². The smallest absolute Gasteiger partial charge is 0.343 e. The van der Waals surface area contributed by atoms with Crippen LogP contribution in [0.2, 0.25) is 0 Å². The third kappa shape index (κ3) is 4.33. The maximum Gasteiger partial charge on any atom is 0.390 e. The van der Waals surface area contributed by atoms with Crippen LogP contribution in [0.5, 0.6) is 0 Å². The first-order valence-corrected chi connectivity index (χ1v) is 11.7. The van der Waals surface area contributed by atoms with Crippen LogP contribution in [0.1, 0.15) is 49.5 Å². The third-order valence-electron chi connectivity index (χ3n) is 6.89. The third-order valence-corrected chi connectivity index (χ3v) is 6.89. The minimum atomic E-state index is -4.27. The van der Waals surface area contributed by atoms with Gasteiger partial charge < -0.3 is 4.90 Å². The van der Waals surface area contributed by atoms with Gasteiger partial charge in [-0.15, -0.1) is 0 Å². The van der Waals surface area contributed by atoms with Crippen molar-refractivity contribution in [3.05, 3.63) is 41.6 Å². The van der Waals surface area contributed by atoms with Gasteiger partial charge in [0, 0.05) is 50.2 Å². The van der Waals surface area contributed by atoms with E-state index in [0.29, 0.717) is 25.9 Å². The van der Waals surface area contributed by atoms with Crippen LogP contribution in [0, 0.1) is 5.92 Å². The molecule has 33 heavy (non-hydrogen) atoms. The van der Waals surface area contributed by atoms with Crippen LogP contribution in [0.15, 0.2) is 30.5 Å². The van der Waals surface area contributed by atoms with Gasteiger partial charge in [0.05, 0.1) is 17.9 Å². The first-order valence-electron chi connectivity index (χ1n) is 11.7. The van der Waals surface area contributed by atoms with Gasteiger partial charge in [0.15, 0.2) is 0 Å². The molecule has 0 N–H and O–H groups in total.